The molecule has 1 N–H and O–H groups in total. The first kappa shape index (κ1) is 8.50. The van der Waals surface area contributed by atoms with E-state index >= 15 is 0 Å². The summed E-state index contributed by atoms with van der Waals surface area (Å²) in [6, 6.07) is 0.265. The third kappa shape index (κ3) is 1.65. The first-order chi connectivity index (χ1) is 6.27. The lowest BCUT2D eigenvalue weighted by molar-refractivity contribution is 0.344. The van der Waals surface area contributed by atoms with Gasteiger partial charge < -0.3 is 14.7 Å². The molecule has 0 saturated carbocycles. The third-order valence-electron chi connectivity index (χ3n) is 2.19. The Balaban J connectivity index is 2.12. The minimum absolute atomic E-state index is 0.265. The second-order valence-electron chi connectivity index (χ2n) is 3.48. The van der Waals surface area contributed by atoms with Crippen LogP contribution in [0.4, 0.5) is 5.95 Å². The number of nitrogens with one attached hydrogen (secondary N) is 1. The minimum Gasteiger partial charge on any atom is -0.344 e. The average molecular weight is 182 g/mol. The Morgan fingerprint density at radius 2 is 2.38 bits per heavy atom. The largest absolute Gasteiger partial charge is 0.344 e. The standard InChI is InChI=1S/C8H14N4O/c1-12(2)8-10-7(13-11-8)6-4-3-5-9-6/h6,9H,3-5H2,1-2H3/t6-/m0/s1. The van der Waals surface area contributed by atoms with Crippen LogP contribution in [0.1, 0.15) is 24.8 Å². The van der Waals surface area contributed by atoms with E-state index in [0.29, 0.717) is 11.8 Å². The van der Waals surface area contributed by atoms with Gasteiger partial charge in [0.2, 0.25) is 5.89 Å². The molecule has 1 aromatic heterocycles. The van der Waals surface area contributed by atoms with E-state index in [1.807, 2.05) is 19.0 Å². The van der Waals surface area contributed by atoms with Gasteiger partial charge in [0.05, 0.1) is 6.04 Å². The Morgan fingerprint density at radius 3 is 2.92 bits per heavy atom. The van der Waals surface area contributed by atoms with Gasteiger partial charge in [-0.05, 0) is 24.5 Å². The van der Waals surface area contributed by atoms with Gasteiger partial charge in [-0.25, -0.2) is 0 Å². The first-order valence-corrected chi connectivity index (χ1v) is 4.51. The maximum absolute atomic E-state index is 5.14. The van der Waals surface area contributed by atoms with E-state index in [1.165, 1.54) is 6.42 Å². The van der Waals surface area contributed by atoms with Crippen molar-refractivity contribution in [3.8, 4) is 0 Å². The van der Waals surface area contributed by atoms with E-state index < -0.39 is 0 Å². The Hall–Kier alpha value is -1.10. The Kier molecular flexibility index (Phi) is 2.18. The van der Waals surface area contributed by atoms with Crippen molar-refractivity contribution in [3.63, 3.8) is 0 Å². The fourth-order valence-electron chi connectivity index (χ4n) is 1.45. The van der Waals surface area contributed by atoms with Gasteiger partial charge >= 0.3 is 0 Å². The lowest BCUT2D eigenvalue weighted by Crippen LogP contribution is -2.14. The summed E-state index contributed by atoms with van der Waals surface area (Å²) in [6.45, 7) is 1.05. The van der Waals surface area contributed by atoms with Crippen LogP contribution >= 0.6 is 0 Å². The molecule has 1 atom stereocenters. The van der Waals surface area contributed by atoms with Crippen LogP contribution in [0, 0.1) is 0 Å². The van der Waals surface area contributed by atoms with Gasteiger partial charge in [0.25, 0.3) is 5.95 Å². The molecule has 5 heteroatoms. The maximum Gasteiger partial charge on any atom is 0.265 e. The van der Waals surface area contributed by atoms with Crippen molar-refractivity contribution >= 4 is 5.95 Å². The molecule has 0 amide bonds. The Labute approximate surface area is 77.1 Å². The lowest BCUT2D eigenvalue weighted by atomic mass is 10.2. The molecule has 0 bridgehead atoms. The van der Waals surface area contributed by atoms with Gasteiger partial charge in [0.15, 0.2) is 0 Å². The molecule has 13 heavy (non-hydrogen) atoms. The van der Waals surface area contributed by atoms with Gasteiger partial charge in [-0.15, -0.1) is 0 Å². The zero-order valence-corrected chi connectivity index (χ0v) is 7.95. The molecule has 0 aliphatic carbocycles. The van der Waals surface area contributed by atoms with Gasteiger partial charge in [0, 0.05) is 14.1 Å². The highest BCUT2D eigenvalue weighted by Gasteiger charge is 2.22. The number of nitrogens with zero attached hydrogens (tertiary/aromatic N) is 3. The SMILES string of the molecule is CN(C)c1noc([C@@H]2CCCN2)n1. The molecule has 1 aliphatic heterocycles. The molecule has 1 aromatic rings. The van der Waals surface area contributed by atoms with E-state index in [1.54, 1.807) is 0 Å². The number of aromatic nitrogens is 2. The zero-order chi connectivity index (χ0) is 9.26. The highest BCUT2D eigenvalue weighted by Crippen LogP contribution is 2.22. The summed E-state index contributed by atoms with van der Waals surface area (Å²) in [7, 11) is 3.80. The molecule has 5 nitrogen and oxygen atoms in total. The smallest absolute Gasteiger partial charge is 0.265 e. The Morgan fingerprint density at radius 1 is 1.54 bits per heavy atom. The van der Waals surface area contributed by atoms with Crippen molar-refractivity contribution in [2.75, 3.05) is 25.5 Å². The van der Waals surface area contributed by atoms with Crippen LogP contribution < -0.4 is 10.2 Å². The molecular weight excluding hydrogens is 168 g/mol. The quantitative estimate of drug-likeness (QED) is 0.724. The van der Waals surface area contributed by atoms with Crippen molar-refractivity contribution in [1.82, 2.24) is 15.5 Å². The molecule has 0 aromatic carbocycles. The predicted molar refractivity (Wildman–Crippen MR) is 48.6 cm³/mol. The lowest BCUT2D eigenvalue weighted by Gasteiger charge is -2.04. The second-order valence-corrected chi connectivity index (χ2v) is 3.48. The van der Waals surface area contributed by atoms with Crippen LogP contribution in [-0.4, -0.2) is 30.8 Å². The van der Waals surface area contributed by atoms with Gasteiger partial charge in [-0.2, -0.15) is 4.98 Å². The van der Waals surface area contributed by atoms with Crippen molar-refractivity contribution in [3.05, 3.63) is 5.89 Å². The maximum atomic E-state index is 5.14. The summed E-state index contributed by atoms with van der Waals surface area (Å²) in [4.78, 5) is 6.11. The van der Waals surface area contributed by atoms with Crippen molar-refractivity contribution in [1.29, 1.82) is 0 Å². The number of hydrogen-bond acceptors (Lipinski definition) is 5. The topological polar surface area (TPSA) is 54.2 Å². The van der Waals surface area contributed by atoms with Crippen molar-refractivity contribution in [2.45, 2.75) is 18.9 Å². The van der Waals surface area contributed by atoms with Crippen LogP contribution in [0.3, 0.4) is 0 Å². The highest BCUT2D eigenvalue weighted by molar-refractivity contribution is 5.24. The van der Waals surface area contributed by atoms with Gasteiger partial charge in [-0.1, -0.05) is 0 Å². The molecule has 0 radical (unpaired) electrons. The molecular formula is C8H14N4O. The summed E-state index contributed by atoms with van der Waals surface area (Å²) >= 11 is 0. The first-order valence-electron chi connectivity index (χ1n) is 4.51. The second kappa shape index (κ2) is 3.33. The number of anilines is 1. The summed E-state index contributed by atoms with van der Waals surface area (Å²) in [5, 5.41) is 7.17. The van der Waals surface area contributed by atoms with Crippen molar-refractivity contribution < 1.29 is 4.52 Å². The number of rotatable bonds is 2. The minimum atomic E-state index is 0.265. The predicted octanol–water partition coefficient (Wildman–Crippen LogP) is 0.560. The van der Waals surface area contributed by atoms with Crippen molar-refractivity contribution in [2.24, 2.45) is 0 Å². The fraction of sp³-hybridized carbons (Fsp3) is 0.750. The summed E-state index contributed by atoms with van der Waals surface area (Å²) in [5.41, 5.74) is 0. The van der Waals surface area contributed by atoms with E-state index in [2.05, 4.69) is 15.5 Å². The molecule has 1 saturated heterocycles. The number of hydrogen-bond donors (Lipinski definition) is 1. The van der Waals surface area contributed by atoms with Crippen LogP contribution in [0.2, 0.25) is 0 Å². The van der Waals surface area contributed by atoms with E-state index in [9.17, 15) is 0 Å². The van der Waals surface area contributed by atoms with Gasteiger partial charge in [-0.3, -0.25) is 0 Å². The van der Waals surface area contributed by atoms with Crippen LogP contribution in [0.15, 0.2) is 4.52 Å². The van der Waals surface area contributed by atoms with E-state index in [0.717, 1.165) is 13.0 Å². The molecule has 0 unspecified atom stereocenters. The molecule has 1 aliphatic rings. The monoisotopic (exact) mass is 182 g/mol. The fourth-order valence-corrected chi connectivity index (χ4v) is 1.45. The molecule has 72 valence electrons. The van der Waals surface area contributed by atoms with Crippen LogP contribution in [-0.2, 0) is 0 Å². The summed E-state index contributed by atoms with van der Waals surface area (Å²) in [6.07, 6.45) is 2.28. The van der Waals surface area contributed by atoms with Gasteiger partial charge in [0.1, 0.15) is 0 Å². The third-order valence-corrected chi connectivity index (χ3v) is 2.19. The Bertz CT molecular complexity index is 277. The highest BCUT2D eigenvalue weighted by atomic mass is 16.5. The molecule has 2 heterocycles. The summed E-state index contributed by atoms with van der Waals surface area (Å²) < 4.78 is 5.14. The summed E-state index contributed by atoms with van der Waals surface area (Å²) in [5.74, 6) is 1.35. The normalized spacial score (nSPS) is 22.2. The average Bonchev–Trinajstić information content (AvgIpc) is 2.75. The van der Waals surface area contributed by atoms with Crippen LogP contribution in [0.25, 0.3) is 0 Å². The molecule has 1 fully saturated rings. The molecule has 0 spiro atoms. The van der Waals surface area contributed by atoms with Crippen LogP contribution in [0.5, 0.6) is 0 Å². The van der Waals surface area contributed by atoms with E-state index in [4.69, 9.17) is 4.52 Å². The van der Waals surface area contributed by atoms with E-state index in [-0.39, 0.29) is 6.04 Å². The molecule has 2 rings (SSSR count). The zero-order valence-electron chi connectivity index (χ0n) is 7.95.